The lowest BCUT2D eigenvalue weighted by Crippen LogP contribution is -2.48. The van der Waals surface area contributed by atoms with E-state index in [-0.39, 0.29) is 18.3 Å². The Morgan fingerprint density at radius 2 is 2.00 bits per heavy atom. The van der Waals surface area contributed by atoms with Crippen LogP contribution in [0.4, 0.5) is 5.00 Å². The SMILES string of the molecule is CCOC(=O)C(C)(C)NCCC(=O)Nc1sc2c(c1C#N)CCCCC2. The Bertz CT molecular complexity index is 704. The first kappa shape index (κ1) is 20.4. The number of esters is 1. The Labute approximate surface area is 158 Å². The molecular weight excluding hydrogens is 350 g/mol. The number of carbonyl (C=O) groups is 2. The molecule has 0 atom stereocenters. The van der Waals surface area contributed by atoms with E-state index in [1.165, 1.54) is 22.6 Å². The highest BCUT2D eigenvalue weighted by atomic mass is 32.1. The Hall–Kier alpha value is -1.91. The second kappa shape index (κ2) is 9.15. The summed E-state index contributed by atoms with van der Waals surface area (Å²) in [6, 6.07) is 2.27. The number of thiophene rings is 1. The van der Waals surface area contributed by atoms with Gasteiger partial charge in [-0.2, -0.15) is 5.26 Å². The molecule has 0 saturated carbocycles. The first-order valence-electron chi connectivity index (χ1n) is 9.15. The second-order valence-corrected chi connectivity index (χ2v) is 8.06. The van der Waals surface area contributed by atoms with Crippen molar-refractivity contribution in [1.82, 2.24) is 5.32 Å². The van der Waals surface area contributed by atoms with Crippen LogP contribution in [0.15, 0.2) is 0 Å². The van der Waals surface area contributed by atoms with Crippen LogP contribution in [-0.4, -0.2) is 30.6 Å². The Kier molecular flexibility index (Phi) is 7.18. The Morgan fingerprint density at radius 1 is 1.27 bits per heavy atom. The van der Waals surface area contributed by atoms with Crippen molar-refractivity contribution < 1.29 is 14.3 Å². The molecule has 142 valence electrons. The van der Waals surface area contributed by atoms with Crippen molar-refractivity contribution in [1.29, 1.82) is 5.26 Å². The van der Waals surface area contributed by atoms with E-state index in [0.29, 0.717) is 23.7 Å². The van der Waals surface area contributed by atoms with Gasteiger partial charge in [-0.25, -0.2) is 0 Å². The fourth-order valence-electron chi connectivity index (χ4n) is 3.01. The zero-order valence-electron chi connectivity index (χ0n) is 15.7. The van der Waals surface area contributed by atoms with E-state index in [2.05, 4.69) is 16.7 Å². The number of amides is 1. The van der Waals surface area contributed by atoms with Gasteiger partial charge in [-0.3, -0.25) is 9.59 Å². The first-order valence-corrected chi connectivity index (χ1v) is 9.97. The molecule has 26 heavy (non-hydrogen) atoms. The number of ether oxygens (including phenoxy) is 1. The monoisotopic (exact) mass is 377 g/mol. The molecule has 0 aromatic carbocycles. The molecule has 6 nitrogen and oxygen atoms in total. The fourth-order valence-corrected chi connectivity index (χ4v) is 4.27. The normalized spacial score (nSPS) is 14.1. The van der Waals surface area contributed by atoms with Gasteiger partial charge in [0.25, 0.3) is 0 Å². The fraction of sp³-hybridized carbons (Fsp3) is 0.632. The number of nitriles is 1. The molecule has 0 bridgehead atoms. The van der Waals surface area contributed by atoms with Crippen molar-refractivity contribution in [3.05, 3.63) is 16.0 Å². The average Bonchev–Trinajstić information content (AvgIpc) is 2.75. The van der Waals surface area contributed by atoms with Crippen LogP contribution in [0.5, 0.6) is 0 Å². The number of anilines is 1. The standard InChI is InChI=1S/C19H27N3O3S/c1-4-25-18(24)19(2,3)21-11-10-16(23)22-17-14(12-20)13-8-6-5-7-9-15(13)26-17/h21H,4-11H2,1-3H3,(H,22,23). The summed E-state index contributed by atoms with van der Waals surface area (Å²) < 4.78 is 5.01. The van der Waals surface area contributed by atoms with Gasteiger partial charge in [-0.05, 0) is 52.0 Å². The predicted octanol–water partition coefficient (Wildman–Crippen LogP) is 3.15. The van der Waals surface area contributed by atoms with Crippen LogP contribution in [0.2, 0.25) is 0 Å². The van der Waals surface area contributed by atoms with Crippen molar-refractivity contribution in [2.75, 3.05) is 18.5 Å². The number of nitrogens with one attached hydrogen (secondary N) is 2. The van der Waals surface area contributed by atoms with Gasteiger partial charge in [0.2, 0.25) is 5.91 Å². The molecule has 0 saturated heterocycles. The Morgan fingerprint density at radius 3 is 2.69 bits per heavy atom. The highest BCUT2D eigenvalue weighted by Crippen LogP contribution is 2.36. The summed E-state index contributed by atoms with van der Waals surface area (Å²) in [6.45, 7) is 5.89. The number of aryl methyl sites for hydroxylation is 1. The predicted molar refractivity (Wildman–Crippen MR) is 102 cm³/mol. The van der Waals surface area contributed by atoms with Crippen molar-refractivity contribution in [2.24, 2.45) is 0 Å². The van der Waals surface area contributed by atoms with E-state index in [1.807, 2.05) is 0 Å². The summed E-state index contributed by atoms with van der Waals surface area (Å²) in [7, 11) is 0. The molecule has 1 aliphatic rings. The largest absolute Gasteiger partial charge is 0.465 e. The van der Waals surface area contributed by atoms with Crippen LogP contribution in [-0.2, 0) is 27.2 Å². The van der Waals surface area contributed by atoms with Gasteiger partial charge in [-0.1, -0.05) is 6.42 Å². The maximum atomic E-state index is 12.3. The molecular formula is C19H27N3O3S. The molecule has 7 heteroatoms. The van der Waals surface area contributed by atoms with E-state index in [0.717, 1.165) is 31.2 Å². The van der Waals surface area contributed by atoms with Gasteiger partial charge < -0.3 is 15.4 Å². The molecule has 0 aliphatic heterocycles. The minimum Gasteiger partial charge on any atom is -0.465 e. The number of hydrogen-bond donors (Lipinski definition) is 2. The highest BCUT2D eigenvalue weighted by Gasteiger charge is 2.28. The Balaban J connectivity index is 1.92. The summed E-state index contributed by atoms with van der Waals surface area (Å²) in [4.78, 5) is 25.3. The first-order chi connectivity index (χ1) is 12.4. The van der Waals surface area contributed by atoms with E-state index >= 15 is 0 Å². The van der Waals surface area contributed by atoms with Crippen LogP contribution in [0, 0.1) is 11.3 Å². The van der Waals surface area contributed by atoms with Gasteiger partial charge >= 0.3 is 5.97 Å². The van der Waals surface area contributed by atoms with Crippen LogP contribution in [0.1, 0.15) is 62.5 Å². The lowest BCUT2D eigenvalue weighted by atomic mass is 10.1. The quantitative estimate of drug-likeness (QED) is 0.563. The van der Waals surface area contributed by atoms with Gasteiger partial charge in [-0.15, -0.1) is 11.3 Å². The van der Waals surface area contributed by atoms with Crippen LogP contribution >= 0.6 is 11.3 Å². The molecule has 0 radical (unpaired) electrons. The maximum absolute atomic E-state index is 12.3. The molecule has 1 aromatic heterocycles. The summed E-state index contributed by atoms with van der Waals surface area (Å²) >= 11 is 1.53. The third-order valence-electron chi connectivity index (χ3n) is 4.49. The molecule has 1 aromatic rings. The smallest absolute Gasteiger partial charge is 0.325 e. The third kappa shape index (κ3) is 5.05. The zero-order chi connectivity index (χ0) is 19.2. The average molecular weight is 378 g/mol. The number of rotatable bonds is 7. The van der Waals surface area contributed by atoms with Crippen molar-refractivity contribution in [3.8, 4) is 6.07 Å². The summed E-state index contributed by atoms with van der Waals surface area (Å²) in [6.07, 6.45) is 5.54. The van der Waals surface area contributed by atoms with Gasteiger partial charge in [0, 0.05) is 17.8 Å². The molecule has 0 spiro atoms. The van der Waals surface area contributed by atoms with Gasteiger partial charge in [0.05, 0.1) is 12.2 Å². The number of carbonyl (C=O) groups excluding carboxylic acids is 2. The second-order valence-electron chi connectivity index (χ2n) is 6.95. The molecule has 1 heterocycles. The summed E-state index contributed by atoms with van der Waals surface area (Å²) in [5.41, 5.74) is 0.904. The van der Waals surface area contributed by atoms with Gasteiger partial charge in [0.1, 0.15) is 16.6 Å². The van der Waals surface area contributed by atoms with Crippen LogP contribution in [0.3, 0.4) is 0 Å². The highest BCUT2D eigenvalue weighted by molar-refractivity contribution is 7.16. The van der Waals surface area contributed by atoms with Gasteiger partial charge in [0.15, 0.2) is 0 Å². The summed E-state index contributed by atoms with van der Waals surface area (Å²) in [5, 5.41) is 16.1. The number of nitrogens with zero attached hydrogens (tertiary/aromatic N) is 1. The lowest BCUT2D eigenvalue weighted by molar-refractivity contribution is -0.149. The number of fused-ring (bicyclic) bond motifs is 1. The van der Waals surface area contributed by atoms with Crippen LogP contribution < -0.4 is 10.6 Å². The van der Waals surface area contributed by atoms with E-state index in [4.69, 9.17) is 4.74 Å². The third-order valence-corrected chi connectivity index (χ3v) is 5.70. The molecule has 1 aliphatic carbocycles. The summed E-state index contributed by atoms with van der Waals surface area (Å²) in [5.74, 6) is -0.501. The topological polar surface area (TPSA) is 91.2 Å². The van der Waals surface area contributed by atoms with E-state index in [9.17, 15) is 14.9 Å². The van der Waals surface area contributed by atoms with Crippen molar-refractivity contribution in [2.45, 2.75) is 64.8 Å². The van der Waals surface area contributed by atoms with Crippen LogP contribution in [0.25, 0.3) is 0 Å². The zero-order valence-corrected chi connectivity index (χ0v) is 16.6. The van der Waals surface area contributed by atoms with E-state index < -0.39 is 5.54 Å². The molecule has 0 fully saturated rings. The van der Waals surface area contributed by atoms with Crippen molar-refractivity contribution in [3.63, 3.8) is 0 Å². The minimum absolute atomic E-state index is 0.162. The lowest BCUT2D eigenvalue weighted by Gasteiger charge is -2.23. The molecule has 1 amide bonds. The van der Waals surface area contributed by atoms with Crippen molar-refractivity contribution >= 4 is 28.2 Å². The number of hydrogen-bond acceptors (Lipinski definition) is 6. The molecule has 2 N–H and O–H groups in total. The maximum Gasteiger partial charge on any atom is 0.325 e. The van der Waals surface area contributed by atoms with E-state index in [1.54, 1.807) is 20.8 Å². The minimum atomic E-state index is -0.839. The molecule has 0 unspecified atom stereocenters. The molecule has 2 rings (SSSR count).